The number of phosphoric acid groups is 1. The summed E-state index contributed by atoms with van der Waals surface area (Å²) < 4.78 is 18.8. The first kappa shape index (κ1) is 20.5. The van der Waals surface area contributed by atoms with Crippen LogP contribution in [-0.2, 0) is 18.6 Å². The third kappa shape index (κ3) is 15.7. The molecule has 0 aliphatic rings. The Kier molecular flexibility index (Phi) is 11.9. The van der Waals surface area contributed by atoms with Crippen molar-refractivity contribution in [2.45, 2.75) is 64.4 Å². The van der Waals surface area contributed by atoms with Gasteiger partial charge in [-0.2, -0.15) is 0 Å². The monoisotopic (exact) mass is 324 g/mol. The molecule has 0 aliphatic heterocycles. The fourth-order valence-electron chi connectivity index (χ4n) is 1.71. The normalized spacial score (nSPS) is 13.1. The lowest BCUT2D eigenvalue weighted by Gasteiger charge is -2.29. The Morgan fingerprint density at radius 1 is 1.10 bits per heavy atom. The van der Waals surface area contributed by atoms with E-state index in [2.05, 4.69) is 11.4 Å². The van der Waals surface area contributed by atoms with Gasteiger partial charge in [0.15, 0.2) is 0 Å². The van der Waals surface area contributed by atoms with Crippen LogP contribution < -0.4 is 9.79 Å². The molecule has 0 aliphatic carbocycles. The average Bonchev–Trinajstić information content (AvgIpc) is 2.41. The molecular weight excluding hydrogens is 299 g/mol. The third-order valence-electron chi connectivity index (χ3n) is 2.85. The lowest BCUT2D eigenvalue weighted by atomic mass is 10.1. The van der Waals surface area contributed by atoms with Gasteiger partial charge in [0.05, 0.1) is 14.4 Å². The number of aliphatic hydroxyl groups is 1. The summed E-state index contributed by atoms with van der Waals surface area (Å²) >= 11 is 0. The highest BCUT2D eigenvalue weighted by Crippen LogP contribution is 2.24. The average molecular weight is 324 g/mol. The number of hydrogen-bond donors (Lipinski definition) is 1. The molecule has 0 spiro atoms. The van der Waals surface area contributed by atoms with E-state index < -0.39 is 26.5 Å². The number of phosphoric ester groups is 1. The minimum Gasteiger partial charge on any atom is -0.790 e. The molecule has 21 heavy (non-hydrogen) atoms. The smallest absolute Gasteiger partial charge is 0.305 e. The van der Waals surface area contributed by atoms with Crippen LogP contribution in [0.15, 0.2) is 0 Å². The summed E-state index contributed by atoms with van der Waals surface area (Å²) in [6, 6.07) is 0. The van der Waals surface area contributed by atoms with Crippen molar-refractivity contribution in [3.63, 3.8) is 0 Å². The number of unbranched alkanes of at least 4 members (excludes halogenated alkanes) is 6. The second-order valence-corrected chi connectivity index (χ2v) is 6.10. The Balaban J connectivity index is 3.47. The highest BCUT2D eigenvalue weighted by atomic mass is 31.2. The van der Waals surface area contributed by atoms with Crippen molar-refractivity contribution in [3.05, 3.63) is 0 Å². The van der Waals surface area contributed by atoms with Crippen molar-refractivity contribution in [1.82, 2.24) is 0 Å². The van der Waals surface area contributed by atoms with E-state index in [1.165, 1.54) is 25.7 Å². The van der Waals surface area contributed by atoms with Gasteiger partial charge in [0.1, 0.15) is 12.7 Å². The summed E-state index contributed by atoms with van der Waals surface area (Å²) in [5.74, 6) is -0.449. The van der Waals surface area contributed by atoms with Gasteiger partial charge in [-0.05, 0) is 6.42 Å². The number of carbonyl (C=O) groups is 1. The molecule has 0 aromatic rings. The Bertz CT molecular complexity index is 316. The number of rotatable bonds is 13. The van der Waals surface area contributed by atoms with E-state index in [9.17, 15) is 24.3 Å². The van der Waals surface area contributed by atoms with Crippen molar-refractivity contribution < 1.29 is 33.5 Å². The molecule has 0 radical (unpaired) electrons. The van der Waals surface area contributed by atoms with Gasteiger partial charge in [-0.3, -0.25) is 4.79 Å². The summed E-state index contributed by atoms with van der Waals surface area (Å²) in [4.78, 5) is 31.7. The number of carbonyl (C=O) groups excluding carboxylic acids is 1. The lowest BCUT2D eigenvalue weighted by Crippen LogP contribution is -2.26. The van der Waals surface area contributed by atoms with Crippen molar-refractivity contribution in [3.8, 4) is 0 Å². The molecule has 0 saturated heterocycles. The van der Waals surface area contributed by atoms with Crippen LogP contribution >= 0.6 is 7.82 Å². The SMILES string of the molecule is CCCCCCCCCC(=O)OC[C@@H](O)COP(=O)([O-])[O-]. The van der Waals surface area contributed by atoms with Crippen LogP contribution in [0.3, 0.4) is 0 Å². The van der Waals surface area contributed by atoms with Crippen LogP contribution in [0.5, 0.6) is 0 Å². The van der Waals surface area contributed by atoms with Gasteiger partial charge in [-0.1, -0.05) is 45.4 Å². The second-order valence-electron chi connectivity index (χ2n) is 4.95. The molecule has 0 bridgehead atoms. The van der Waals surface area contributed by atoms with Crippen LogP contribution in [0, 0.1) is 0 Å². The Labute approximate surface area is 125 Å². The molecule has 0 fully saturated rings. The maximum Gasteiger partial charge on any atom is 0.305 e. The fraction of sp³-hybridized carbons (Fsp3) is 0.923. The van der Waals surface area contributed by atoms with Crippen molar-refractivity contribution >= 4 is 13.8 Å². The Morgan fingerprint density at radius 2 is 1.67 bits per heavy atom. The van der Waals surface area contributed by atoms with Gasteiger partial charge in [-0.25, -0.2) is 0 Å². The zero-order chi connectivity index (χ0) is 16.1. The Morgan fingerprint density at radius 3 is 2.24 bits per heavy atom. The fourth-order valence-corrected chi connectivity index (χ4v) is 2.07. The minimum absolute atomic E-state index is 0.267. The second kappa shape index (κ2) is 12.1. The molecule has 0 unspecified atom stereocenters. The van der Waals surface area contributed by atoms with E-state index >= 15 is 0 Å². The predicted molar refractivity (Wildman–Crippen MR) is 73.1 cm³/mol. The summed E-state index contributed by atoms with van der Waals surface area (Å²) in [7, 11) is -5.10. The predicted octanol–water partition coefficient (Wildman–Crippen LogP) is 0.876. The number of aliphatic hydroxyl groups excluding tert-OH is 1. The lowest BCUT2D eigenvalue weighted by molar-refractivity contribution is -0.342. The van der Waals surface area contributed by atoms with Crippen LogP contribution in [-0.4, -0.2) is 30.4 Å². The minimum atomic E-state index is -5.10. The molecule has 8 heteroatoms. The highest BCUT2D eigenvalue weighted by molar-refractivity contribution is 7.43. The quantitative estimate of drug-likeness (QED) is 0.303. The molecular formula is C13H25O7P-2. The van der Waals surface area contributed by atoms with Crippen LogP contribution in [0.4, 0.5) is 0 Å². The van der Waals surface area contributed by atoms with Gasteiger partial charge in [0, 0.05) is 6.42 Å². The van der Waals surface area contributed by atoms with Gasteiger partial charge in [0.2, 0.25) is 0 Å². The van der Waals surface area contributed by atoms with Crippen LogP contribution in [0.1, 0.15) is 58.3 Å². The first-order valence-corrected chi connectivity index (χ1v) is 8.81. The largest absolute Gasteiger partial charge is 0.790 e. The maximum absolute atomic E-state index is 11.3. The van der Waals surface area contributed by atoms with Gasteiger partial charge >= 0.3 is 5.97 Å². The molecule has 1 atom stereocenters. The molecule has 0 heterocycles. The topological polar surface area (TPSA) is 119 Å². The standard InChI is InChI=1S/C13H27O7P/c1-2-3-4-5-6-7-8-9-13(15)19-10-12(14)11-20-21(16,17)18/h12,14H,2-11H2,1H3,(H2,16,17,18)/p-2/t12-/m1/s1. The van der Waals surface area contributed by atoms with Crippen LogP contribution in [0.2, 0.25) is 0 Å². The van der Waals surface area contributed by atoms with E-state index in [1.807, 2.05) is 0 Å². The maximum atomic E-state index is 11.3. The highest BCUT2D eigenvalue weighted by Gasteiger charge is 2.09. The van der Waals surface area contributed by atoms with Crippen molar-refractivity contribution in [2.75, 3.05) is 13.2 Å². The summed E-state index contributed by atoms with van der Waals surface area (Å²) in [5, 5.41) is 9.25. The van der Waals surface area contributed by atoms with Gasteiger partial charge < -0.3 is 28.7 Å². The first-order valence-electron chi connectivity index (χ1n) is 7.35. The van der Waals surface area contributed by atoms with E-state index in [0.29, 0.717) is 0 Å². The number of hydrogen-bond acceptors (Lipinski definition) is 7. The zero-order valence-electron chi connectivity index (χ0n) is 12.5. The summed E-state index contributed by atoms with van der Waals surface area (Å²) in [6.07, 6.45) is 6.55. The molecule has 0 saturated carbocycles. The molecule has 0 aromatic carbocycles. The van der Waals surface area contributed by atoms with E-state index in [0.717, 1.165) is 19.3 Å². The van der Waals surface area contributed by atoms with E-state index in [1.54, 1.807) is 0 Å². The molecule has 0 rings (SSSR count). The zero-order valence-corrected chi connectivity index (χ0v) is 13.4. The van der Waals surface area contributed by atoms with Gasteiger partial charge in [0.25, 0.3) is 0 Å². The van der Waals surface area contributed by atoms with Gasteiger partial charge in [-0.15, -0.1) is 0 Å². The third-order valence-corrected chi connectivity index (χ3v) is 3.31. The van der Waals surface area contributed by atoms with Crippen LogP contribution in [0.25, 0.3) is 0 Å². The van der Waals surface area contributed by atoms with E-state index in [4.69, 9.17) is 4.74 Å². The first-order chi connectivity index (χ1) is 9.85. The molecule has 7 nitrogen and oxygen atoms in total. The molecule has 0 aromatic heterocycles. The van der Waals surface area contributed by atoms with E-state index in [-0.39, 0.29) is 13.0 Å². The summed E-state index contributed by atoms with van der Waals surface area (Å²) in [6.45, 7) is 1.08. The number of esters is 1. The number of ether oxygens (including phenoxy) is 1. The van der Waals surface area contributed by atoms with Crippen molar-refractivity contribution in [1.29, 1.82) is 0 Å². The molecule has 0 amide bonds. The summed E-state index contributed by atoms with van der Waals surface area (Å²) in [5.41, 5.74) is 0. The van der Waals surface area contributed by atoms with Crippen molar-refractivity contribution in [2.24, 2.45) is 0 Å². The molecule has 1 N–H and O–H groups in total. The molecule has 126 valence electrons. The Hall–Kier alpha value is -0.460.